The topological polar surface area (TPSA) is 66.9 Å². The van der Waals surface area contributed by atoms with Gasteiger partial charge in [-0.15, -0.1) is 0 Å². The van der Waals surface area contributed by atoms with Crippen molar-refractivity contribution in [1.29, 1.82) is 0 Å². The molecule has 0 bridgehead atoms. The largest absolute Gasteiger partial charge is 0.452 e. The second-order valence-corrected chi connectivity index (χ2v) is 7.89. The summed E-state index contributed by atoms with van der Waals surface area (Å²) in [5.74, 6) is -0.727. The average Bonchev–Trinajstić information content (AvgIpc) is 3.22. The number of fused-ring (bicyclic) bond motifs is 1. The number of benzene rings is 2. The first-order valence-corrected chi connectivity index (χ1v) is 10.5. The first kappa shape index (κ1) is 20.1. The third-order valence-corrected chi connectivity index (χ3v) is 5.99. The van der Waals surface area contributed by atoms with Crippen LogP contribution in [0.15, 0.2) is 48.5 Å². The number of hydrogen-bond acceptors (Lipinski definition) is 4. The van der Waals surface area contributed by atoms with Crippen molar-refractivity contribution < 1.29 is 19.1 Å². The molecule has 0 radical (unpaired) electrons. The molecular formula is C24H26N2O4. The van der Waals surface area contributed by atoms with Crippen LogP contribution in [-0.4, -0.2) is 42.9 Å². The van der Waals surface area contributed by atoms with Crippen LogP contribution in [0.5, 0.6) is 0 Å². The van der Waals surface area contributed by atoms with E-state index < -0.39 is 5.97 Å². The molecule has 2 aromatic rings. The summed E-state index contributed by atoms with van der Waals surface area (Å²) in [7, 11) is 1.77. The number of carbonyl (C=O) groups is 3. The van der Waals surface area contributed by atoms with E-state index in [1.807, 2.05) is 12.1 Å². The molecule has 4 rings (SSSR count). The van der Waals surface area contributed by atoms with Gasteiger partial charge in [-0.2, -0.15) is 0 Å². The zero-order valence-electron chi connectivity index (χ0n) is 17.2. The number of carbonyl (C=O) groups excluding carboxylic acids is 3. The van der Waals surface area contributed by atoms with Crippen molar-refractivity contribution in [2.75, 3.05) is 25.1 Å². The van der Waals surface area contributed by atoms with Gasteiger partial charge in [0.2, 0.25) is 5.91 Å². The highest BCUT2D eigenvalue weighted by Crippen LogP contribution is 2.33. The van der Waals surface area contributed by atoms with Crippen molar-refractivity contribution in [3.05, 3.63) is 65.2 Å². The second kappa shape index (κ2) is 8.69. The molecule has 30 heavy (non-hydrogen) atoms. The Morgan fingerprint density at radius 3 is 2.73 bits per heavy atom. The first-order chi connectivity index (χ1) is 14.5. The molecule has 0 unspecified atom stereocenters. The zero-order valence-corrected chi connectivity index (χ0v) is 17.2. The monoisotopic (exact) mass is 406 g/mol. The number of hydrogen-bond donors (Lipinski definition) is 0. The van der Waals surface area contributed by atoms with E-state index in [1.165, 1.54) is 11.1 Å². The van der Waals surface area contributed by atoms with E-state index >= 15 is 0 Å². The van der Waals surface area contributed by atoms with Crippen LogP contribution in [-0.2, 0) is 20.7 Å². The smallest absolute Gasteiger partial charge is 0.338 e. The zero-order chi connectivity index (χ0) is 21.1. The number of esters is 1. The molecule has 0 aromatic heterocycles. The highest BCUT2D eigenvalue weighted by molar-refractivity contribution is 5.97. The van der Waals surface area contributed by atoms with Crippen molar-refractivity contribution in [1.82, 2.24) is 4.90 Å². The van der Waals surface area contributed by atoms with Crippen LogP contribution in [0.25, 0.3) is 0 Å². The third kappa shape index (κ3) is 4.08. The Kier molecular flexibility index (Phi) is 5.84. The summed E-state index contributed by atoms with van der Waals surface area (Å²) in [4.78, 5) is 40.5. The second-order valence-electron chi connectivity index (χ2n) is 7.89. The Morgan fingerprint density at radius 1 is 1.10 bits per heavy atom. The fraction of sp³-hybridized carbons (Fsp3) is 0.375. The molecule has 6 heteroatoms. The summed E-state index contributed by atoms with van der Waals surface area (Å²) in [6.07, 6.45) is 4.30. The van der Waals surface area contributed by atoms with Gasteiger partial charge in [-0.25, -0.2) is 4.79 Å². The summed E-state index contributed by atoms with van der Waals surface area (Å²) in [6, 6.07) is 15.0. The minimum Gasteiger partial charge on any atom is -0.452 e. The summed E-state index contributed by atoms with van der Waals surface area (Å²) in [5, 5.41) is 0. The quantitative estimate of drug-likeness (QED) is 0.713. The van der Waals surface area contributed by atoms with Crippen molar-refractivity contribution in [2.45, 2.75) is 38.1 Å². The predicted octanol–water partition coefficient (Wildman–Crippen LogP) is 3.51. The molecule has 1 heterocycles. The lowest BCUT2D eigenvalue weighted by Crippen LogP contribution is -2.36. The Balaban J connectivity index is 1.38. The van der Waals surface area contributed by atoms with Crippen LogP contribution in [0.2, 0.25) is 0 Å². The predicted molar refractivity (Wildman–Crippen MR) is 113 cm³/mol. The molecule has 2 aliphatic rings. The van der Waals surface area contributed by atoms with Gasteiger partial charge < -0.3 is 14.5 Å². The van der Waals surface area contributed by atoms with Gasteiger partial charge in [0.25, 0.3) is 5.91 Å². The number of nitrogens with zero attached hydrogens (tertiary/aromatic N) is 2. The lowest BCUT2D eigenvalue weighted by Gasteiger charge is -2.33. The summed E-state index contributed by atoms with van der Waals surface area (Å²) in [5.41, 5.74) is 3.48. The molecule has 0 saturated carbocycles. The van der Waals surface area contributed by atoms with Gasteiger partial charge >= 0.3 is 5.97 Å². The van der Waals surface area contributed by atoms with Gasteiger partial charge in [-0.3, -0.25) is 9.59 Å². The molecule has 0 N–H and O–H groups in total. The highest BCUT2D eigenvalue weighted by atomic mass is 16.5. The van der Waals surface area contributed by atoms with E-state index in [0.29, 0.717) is 24.2 Å². The lowest BCUT2D eigenvalue weighted by molar-refractivity contribution is -0.135. The van der Waals surface area contributed by atoms with Gasteiger partial charge in [-0.1, -0.05) is 30.3 Å². The minimum absolute atomic E-state index is 0.00524. The fourth-order valence-electron chi connectivity index (χ4n) is 4.34. The normalized spacial score (nSPS) is 18.1. The summed E-state index contributed by atoms with van der Waals surface area (Å²) < 4.78 is 5.30. The Bertz CT molecular complexity index is 971. The molecular weight excluding hydrogens is 380 g/mol. The standard InChI is InChI=1S/C24H26N2O4/c1-25(21-12-5-8-17-7-2-3-11-20(17)21)23(28)16-30-24(29)18-9-4-10-19(15-18)26-14-6-13-22(26)27/h2-4,7,9-11,15,21H,5-6,8,12-14,16H2,1H3/t21-/m0/s1. The van der Waals surface area contributed by atoms with Crippen LogP contribution >= 0.6 is 0 Å². The van der Waals surface area contributed by atoms with Crippen LogP contribution in [0, 0.1) is 0 Å². The highest BCUT2D eigenvalue weighted by Gasteiger charge is 2.27. The molecule has 1 atom stereocenters. The Hall–Kier alpha value is -3.15. The molecule has 156 valence electrons. The minimum atomic E-state index is -0.561. The SMILES string of the molecule is CN(C(=O)COC(=O)c1cccc(N2CCCC2=O)c1)[C@H]1CCCc2ccccc21. The van der Waals surface area contributed by atoms with Crippen LogP contribution in [0.1, 0.15) is 53.2 Å². The van der Waals surface area contributed by atoms with Crippen LogP contribution in [0.4, 0.5) is 5.69 Å². The Labute approximate surface area is 176 Å². The van der Waals surface area contributed by atoms with Crippen molar-refractivity contribution >= 4 is 23.5 Å². The number of rotatable bonds is 5. The first-order valence-electron chi connectivity index (χ1n) is 10.5. The fourth-order valence-corrected chi connectivity index (χ4v) is 4.34. The molecule has 1 aliphatic carbocycles. The van der Waals surface area contributed by atoms with E-state index in [1.54, 1.807) is 41.1 Å². The van der Waals surface area contributed by atoms with Crippen LogP contribution in [0.3, 0.4) is 0 Å². The van der Waals surface area contributed by atoms with Crippen molar-refractivity contribution in [2.24, 2.45) is 0 Å². The lowest BCUT2D eigenvalue weighted by atomic mass is 9.87. The molecule has 2 amide bonds. The van der Waals surface area contributed by atoms with E-state index in [4.69, 9.17) is 4.74 Å². The maximum atomic E-state index is 12.7. The average molecular weight is 406 g/mol. The van der Waals surface area contributed by atoms with E-state index in [9.17, 15) is 14.4 Å². The maximum Gasteiger partial charge on any atom is 0.338 e. The van der Waals surface area contributed by atoms with E-state index in [0.717, 1.165) is 25.7 Å². The van der Waals surface area contributed by atoms with Gasteiger partial charge in [0, 0.05) is 25.7 Å². The molecule has 6 nitrogen and oxygen atoms in total. The maximum absolute atomic E-state index is 12.7. The third-order valence-electron chi connectivity index (χ3n) is 5.99. The van der Waals surface area contributed by atoms with Crippen molar-refractivity contribution in [3.8, 4) is 0 Å². The molecule has 1 saturated heterocycles. The van der Waals surface area contributed by atoms with E-state index in [2.05, 4.69) is 12.1 Å². The van der Waals surface area contributed by atoms with Gasteiger partial charge in [0.05, 0.1) is 11.6 Å². The van der Waals surface area contributed by atoms with Gasteiger partial charge in [0.1, 0.15) is 0 Å². The van der Waals surface area contributed by atoms with Crippen molar-refractivity contribution in [3.63, 3.8) is 0 Å². The molecule has 0 spiro atoms. The number of ether oxygens (including phenoxy) is 1. The van der Waals surface area contributed by atoms with Crippen LogP contribution < -0.4 is 4.90 Å². The summed E-state index contributed by atoms with van der Waals surface area (Å²) in [6.45, 7) is 0.352. The number of anilines is 1. The number of likely N-dealkylation sites (N-methyl/N-ethyl adjacent to an activating group) is 1. The van der Waals surface area contributed by atoms with Gasteiger partial charge in [0.15, 0.2) is 6.61 Å². The summed E-state index contributed by atoms with van der Waals surface area (Å²) >= 11 is 0. The number of aryl methyl sites for hydroxylation is 1. The number of amides is 2. The van der Waals surface area contributed by atoms with Gasteiger partial charge in [-0.05, 0) is 55.0 Å². The van der Waals surface area contributed by atoms with E-state index in [-0.39, 0.29) is 24.5 Å². The molecule has 1 fully saturated rings. The Morgan fingerprint density at radius 2 is 1.93 bits per heavy atom. The molecule has 1 aliphatic heterocycles. The molecule has 2 aromatic carbocycles.